The fourth-order valence-electron chi connectivity index (χ4n) is 1.67. The molecule has 74 valence electrons. The molecule has 4 heteroatoms. The van der Waals surface area contributed by atoms with Crippen LogP contribution in [0.25, 0.3) is 0 Å². The Bertz CT molecular complexity index is 386. The largest absolute Gasteiger partial charge is 0.508 e. The van der Waals surface area contributed by atoms with E-state index in [9.17, 15) is 9.90 Å². The van der Waals surface area contributed by atoms with E-state index in [1.165, 1.54) is 6.07 Å². The van der Waals surface area contributed by atoms with Crippen LogP contribution in [0.1, 0.15) is 18.4 Å². The lowest BCUT2D eigenvalue weighted by molar-refractivity contribution is -0.144. The van der Waals surface area contributed by atoms with Gasteiger partial charge in [-0.05, 0) is 18.2 Å². The number of hydrogen-bond donors (Lipinski definition) is 2. The Hall–Kier alpha value is -1.71. The Morgan fingerprint density at radius 2 is 2.21 bits per heavy atom. The maximum Gasteiger partial charge on any atom is 0.345 e. The zero-order valence-corrected chi connectivity index (χ0v) is 7.60. The maximum absolute atomic E-state index is 10.8. The Balaban J connectivity index is 2.41. The zero-order chi connectivity index (χ0) is 10.3. The Labute approximate surface area is 80.7 Å². The molecule has 0 bridgehead atoms. The molecule has 4 nitrogen and oxygen atoms in total. The smallest absolute Gasteiger partial charge is 0.345 e. The molecule has 0 amide bonds. The van der Waals surface area contributed by atoms with Crippen molar-refractivity contribution in [2.24, 2.45) is 0 Å². The lowest BCUT2D eigenvalue weighted by Crippen LogP contribution is -2.27. The van der Waals surface area contributed by atoms with E-state index in [4.69, 9.17) is 9.84 Å². The molecule has 1 aliphatic rings. The maximum atomic E-state index is 10.8. The second-order valence-corrected chi connectivity index (χ2v) is 3.39. The molecule has 2 N–H and O–H groups in total. The van der Waals surface area contributed by atoms with Gasteiger partial charge in [0, 0.05) is 11.5 Å². The fourth-order valence-corrected chi connectivity index (χ4v) is 1.67. The molecule has 2 atom stereocenters. The van der Waals surface area contributed by atoms with Crippen LogP contribution in [0.5, 0.6) is 11.5 Å². The number of phenols is 1. The molecule has 0 aliphatic carbocycles. The van der Waals surface area contributed by atoms with Crippen LogP contribution in [0, 0.1) is 0 Å². The summed E-state index contributed by atoms with van der Waals surface area (Å²) in [6, 6.07) is 4.61. The van der Waals surface area contributed by atoms with Crippen LogP contribution < -0.4 is 4.74 Å². The molecular formula is C10H10O4. The summed E-state index contributed by atoms with van der Waals surface area (Å²) in [5, 5.41) is 18.1. The first-order chi connectivity index (χ1) is 6.59. The van der Waals surface area contributed by atoms with Gasteiger partial charge < -0.3 is 14.9 Å². The number of phenolic OH excluding ortho intramolecular Hbond substituents is 1. The van der Waals surface area contributed by atoms with Gasteiger partial charge in [0.2, 0.25) is 6.10 Å². The first-order valence-electron chi connectivity index (χ1n) is 4.32. The summed E-state index contributed by atoms with van der Waals surface area (Å²) in [6.45, 7) is 1.77. The highest BCUT2D eigenvalue weighted by atomic mass is 16.5. The van der Waals surface area contributed by atoms with Gasteiger partial charge in [0.15, 0.2) is 0 Å². The summed E-state index contributed by atoms with van der Waals surface area (Å²) < 4.78 is 5.22. The summed E-state index contributed by atoms with van der Waals surface area (Å²) in [4.78, 5) is 10.8. The molecule has 0 fully saturated rings. The van der Waals surface area contributed by atoms with Gasteiger partial charge in [-0.25, -0.2) is 4.79 Å². The molecule has 1 heterocycles. The summed E-state index contributed by atoms with van der Waals surface area (Å²) in [7, 11) is 0. The van der Waals surface area contributed by atoms with Crippen LogP contribution in [0.3, 0.4) is 0 Å². The van der Waals surface area contributed by atoms with E-state index >= 15 is 0 Å². The molecule has 1 aromatic carbocycles. The van der Waals surface area contributed by atoms with Crippen molar-refractivity contribution in [3.8, 4) is 11.5 Å². The molecule has 0 spiro atoms. The van der Waals surface area contributed by atoms with Gasteiger partial charge in [0.05, 0.1) is 0 Å². The third-order valence-corrected chi connectivity index (χ3v) is 2.44. The lowest BCUT2D eigenvalue weighted by Gasteiger charge is -2.08. The lowest BCUT2D eigenvalue weighted by atomic mass is 9.97. The second kappa shape index (κ2) is 2.90. The summed E-state index contributed by atoms with van der Waals surface area (Å²) in [5.41, 5.74) is 0.748. The average Bonchev–Trinajstić information content (AvgIpc) is 2.44. The van der Waals surface area contributed by atoms with Crippen molar-refractivity contribution >= 4 is 5.97 Å². The minimum Gasteiger partial charge on any atom is -0.508 e. The standard InChI is InChI=1S/C10H10O4/c1-5-7-4-6(11)2-3-8(7)14-9(5)10(12)13/h2-5,9,11H,1H3,(H,12,13). The van der Waals surface area contributed by atoms with Crippen LogP contribution >= 0.6 is 0 Å². The molecule has 0 saturated carbocycles. The summed E-state index contributed by atoms with van der Waals surface area (Å²) >= 11 is 0. The number of aliphatic carboxylic acids is 1. The van der Waals surface area contributed by atoms with Gasteiger partial charge in [0.25, 0.3) is 0 Å². The van der Waals surface area contributed by atoms with Crippen molar-refractivity contribution < 1.29 is 19.7 Å². The van der Waals surface area contributed by atoms with Crippen molar-refractivity contribution in [1.82, 2.24) is 0 Å². The highest BCUT2D eigenvalue weighted by Gasteiger charge is 2.36. The molecule has 1 aliphatic heterocycles. The molecule has 1 aromatic rings. The van der Waals surface area contributed by atoms with Gasteiger partial charge in [-0.1, -0.05) is 6.92 Å². The average molecular weight is 194 g/mol. The number of fused-ring (bicyclic) bond motifs is 1. The SMILES string of the molecule is CC1c2cc(O)ccc2OC1C(=O)O. The fraction of sp³-hybridized carbons (Fsp3) is 0.300. The van der Waals surface area contributed by atoms with E-state index in [0.29, 0.717) is 5.75 Å². The molecule has 0 aromatic heterocycles. The molecule has 2 unspecified atom stereocenters. The van der Waals surface area contributed by atoms with Crippen molar-refractivity contribution in [2.75, 3.05) is 0 Å². The van der Waals surface area contributed by atoms with Crippen molar-refractivity contribution in [2.45, 2.75) is 18.9 Å². The predicted octanol–water partition coefficient (Wildman–Crippen LogP) is 1.34. The number of rotatable bonds is 1. The van der Waals surface area contributed by atoms with E-state index in [1.807, 2.05) is 0 Å². The van der Waals surface area contributed by atoms with Gasteiger partial charge >= 0.3 is 5.97 Å². The van der Waals surface area contributed by atoms with E-state index in [0.717, 1.165) is 5.56 Å². The van der Waals surface area contributed by atoms with Gasteiger partial charge in [-0.15, -0.1) is 0 Å². The van der Waals surface area contributed by atoms with Crippen LogP contribution in [0.4, 0.5) is 0 Å². The van der Waals surface area contributed by atoms with Crippen molar-refractivity contribution in [1.29, 1.82) is 0 Å². The number of benzene rings is 1. The quantitative estimate of drug-likeness (QED) is 0.708. The van der Waals surface area contributed by atoms with Crippen LogP contribution in [-0.4, -0.2) is 22.3 Å². The summed E-state index contributed by atoms with van der Waals surface area (Å²) in [5.74, 6) is -0.532. The van der Waals surface area contributed by atoms with E-state index < -0.39 is 12.1 Å². The Kier molecular flexibility index (Phi) is 1.84. The second-order valence-electron chi connectivity index (χ2n) is 3.39. The number of ether oxygens (including phenoxy) is 1. The molecular weight excluding hydrogens is 184 g/mol. The van der Waals surface area contributed by atoms with Crippen LogP contribution in [-0.2, 0) is 4.79 Å². The third kappa shape index (κ3) is 1.19. The molecule has 14 heavy (non-hydrogen) atoms. The van der Waals surface area contributed by atoms with E-state index in [-0.39, 0.29) is 11.7 Å². The van der Waals surface area contributed by atoms with Gasteiger partial charge in [-0.3, -0.25) is 0 Å². The minimum atomic E-state index is -0.979. The van der Waals surface area contributed by atoms with E-state index in [1.54, 1.807) is 19.1 Å². The predicted molar refractivity (Wildman–Crippen MR) is 48.6 cm³/mol. The van der Waals surface area contributed by atoms with E-state index in [2.05, 4.69) is 0 Å². The van der Waals surface area contributed by atoms with Crippen molar-refractivity contribution in [3.05, 3.63) is 23.8 Å². The number of carboxylic acids is 1. The van der Waals surface area contributed by atoms with Gasteiger partial charge in [-0.2, -0.15) is 0 Å². The van der Waals surface area contributed by atoms with Crippen LogP contribution in [0.2, 0.25) is 0 Å². The third-order valence-electron chi connectivity index (χ3n) is 2.44. The number of carboxylic acid groups (broad SMARTS) is 1. The minimum absolute atomic E-state index is 0.130. The highest BCUT2D eigenvalue weighted by molar-refractivity contribution is 5.76. The van der Waals surface area contributed by atoms with Crippen LogP contribution in [0.15, 0.2) is 18.2 Å². The number of hydrogen-bond acceptors (Lipinski definition) is 3. The normalized spacial score (nSPS) is 24.1. The number of aromatic hydroxyl groups is 1. The monoisotopic (exact) mass is 194 g/mol. The topological polar surface area (TPSA) is 66.8 Å². The Morgan fingerprint density at radius 3 is 2.86 bits per heavy atom. The molecule has 0 radical (unpaired) electrons. The first-order valence-corrected chi connectivity index (χ1v) is 4.32. The Morgan fingerprint density at radius 1 is 1.50 bits per heavy atom. The summed E-state index contributed by atoms with van der Waals surface area (Å²) in [6.07, 6.45) is -0.841. The van der Waals surface area contributed by atoms with Crippen molar-refractivity contribution in [3.63, 3.8) is 0 Å². The van der Waals surface area contributed by atoms with Gasteiger partial charge in [0.1, 0.15) is 11.5 Å². The molecule has 2 rings (SSSR count). The molecule has 0 saturated heterocycles. The first kappa shape index (κ1) is 8.87. The zero-order valence-electron chi connectivity index (χ0n) is 7.60. The highest BCUT2D eigenvalue weighted by Crippen LogP contribution is 2.39. The number of carbonyl (C=O) groups is 1.